The highest BCUT2D eigenvalue weighted by atomic mass is 32.2. The molecule has 1 fully saturated rings. The Balaban J connectivity index is 2.35. The minimum absolute atomic E-state index is 0.0932. The smallest absolute Gasteiger partial charge is 0.153 e. The second kappa shape index (κ2) is 5.07. The monoisotopic (exact) mass is 233 g/mol. The Bertz CT molecular complexity index is 324. The average molecular weight is 233 g/mol. The molecule has 0 N–H and O–H groups in total. The van der Waals surface area contributed by atoms with Crippen LogP contribution in [0.15, 0.2) is 0 Å². The minimum atomic E-state index is -2.81. The first kappa shape index (κ1) is 12.6. The molecule has 1 saturated heterocycles. The molecule has 88 valence electrons. The van der Waals surface area contributed by atoms with Crippen molar-refractivity contribution in [3.63, 3.8) is 0 Å². The largest absolute Gasteiger partial charge is 0.300 e. The molecular weight excluding hydrogens is 214 g/mol. The van der Waals surface area contributed by atoms with E-state index in [0.717, 1.165) is 13.0 Å². The molecule has 15 heavy (non-hydrogen) atoms. The standard InChI is InChI=1S/C10H19NO3S/c1-9-8-15(13,14)7-6-11(9)5-3-4-10(2)12/h9H,3-8H2,1-2H3. The molecule has 0 aliphatic carbocycles. The number of nitrogens with zero attached hydrogens (tertiary/aromatic N) is 1. The molecule has 1 heterocycles. The summed E-state index contributed by atoms with van der Waals surface area (Å²) in [7, 11) is -2.81. The number of carbonyl (C=O) groups is 1. The van der Waals surface area contributed by atoms with E-state index in [1.165, 1.54) is 0 Å². The molecule has 1 unspecified atom stereocenters. The predicted molar refractivity (Wildman–Crippen MR) is 59.6 cm³/mol. The van der Waals surface area contributed by atoms with Gasteiger partial charge >= 0.3 is 0 Å². The molecule has 5 heteroatoms. The lowest BCUT2D eigenvalue weighted by molar-refractivity contribution is -0.117. The molecule has 0 bridgehead atoms. The van der Waals surface area contributed by atoms with Gasteiger partial charge in [-0.2, -0.15) is 0 Å². The van der Waals surface area contributed by atoms with E-state index in [0.29, 0.717) is 13.0 Å². The van der Waals surface area contributed by atoms with Gasteiger partial charge in [0.25, 0.3) is 0 Å². The Morgan fingerprint density at radius 1 is 1.47 bits per heavy atom. The summed E-state index contributed by atoms with van der Waals surface area (Å²) >= 11 is 0. The van der Waals surface area contributed by atoms with Crippen molar-refractivity contribution in [3.05, 3.63) is 0 Å². The summed E-state index contributed by atoms with van der Waals surface area (Å²) in [5.41, 5.74) is 0. The van der Waals surface area contributed by atoms with Gasteiger partial charge in [-0.1, -0.05) is 0 Å². The van der Waals surface area contributed by atoms with Crippen LogP contribution in [0.2, 0.25) is 0 Å². The summed E-state index contributed by atoms with van der Waals surface area (Å²) in [5, 5.41) is 0. The molecule has 4 nitrogen and oxygen atoms in total. The number of rotatable bonds is 4. The maximum atomic E-state index is 11.3. The molecule has 0 saturated carbocycles. The van der Waals surface area contributed by atoms with Crippen LogP contribution in [0.25, 0.3) is 0 Å². The van der Waals surface area contributed by atoms with Crippen LogP contribution in [-0.2, 0) is 14.6 Å². The summed E-state index contributed by atoms with van der Waals surface area (Å²) < 4.78 is 22.6. The van der Waals surface area contributed by atoms with Gasteiger partial charge in [0.05, 0.1) is 11.5 Å². The van der Waals surface area contributed by atoms with Crippen molar-refractivity contribution >= 4 is 15.6 Å². The zero-order chi connectivity index (χ0) is 11.5. The van der Waals surface area contributed by atoms with Crippen molar-refractivity contribution in [2.45, 2.75) is 32.7 Å². The summed E-state index contributed by atoms with van der Waals surface area (Å²) in [6.45, 7) is 4.96. The minimum Gasteiger partial charge on any atom is -0.300 e. The fraction of sp³-hybridized carbons (Fsp3) is 0.900. The van der Waals surface area contributed by atoms with Gasteiger partial charge in [-0.05, 0) is 26.8 Å². The lowest BCUT2D eigenvalue weighted by atomic mass is 10.2. The molecule has 1 atom stereocenters. The van der Waals surface area contributed by atoms with Gasteiger partial charge in [0.2, 0.25) is 0 Å². The number of hydrogen-bond donors (Lipinski definition) is 0. The lowest BCUT2D eigenvalue weighted by Gasteiger charge is -2.32. The lowest BCUT2D eigenvalue weighted by Crippen LogP contribution is -2.47. The van der Waals surface area contributed by atoms with E-state index in [9.17, 15) is 13.2 Å². The first-order valence-corrected chi connectivity index (χ1v) is 7.17. The van der Waals surface area contributed by atoms with E-state index in [1.54, 1.807) is 6.92 Å². The van der Waals surface area contributed by atoms with Gasteiger partial charge in [-0.25, -0.2) is 8.42 Å². The Morgan fingerprint density at radius 3 is 2.67 bits per heavy atom. The summed E-state index contributed by atoms with van der Waals surface area (Å²) in [4.78, 5) is 12.9. The van der Waals surface area contributed by atoms with Gasteiger partial charge in [0.15, 0.2) is 9.84 Å². The van der Waals surface area contributed by atoms with Crippen LogP contribution in [-0.4, -0.2) is 49.7 Å². The van der Waals surface area contributed by atoms with Crippen LogP contribution < -0.4 is 0 Å². The van der Waals surface area contributed by atoms with Gasteiger partial charge in [-0.15, -0.1) is 0 Å². The maximum absolute atomic E-state index is 11.3. The number of Topliss-reactive ketones (excluding diaryl/α,β-unsaturated/α-hetero) is 1. The van der Waals surface area contributed by atoms with Crippen molar-refractivity contribution < 1.29 is 13.2 Å². The summed E-state index contributed by atoms with van der Waals surface area (Å²) in [6.07, 6.45) is 1.43. The number of carbonyl (C=O) groups excluding carboxylic acids is 1. The fourth-order valence-corrected chi connectivity index (χ4v) is 3.52. The van der Waals surface area contributed by atoms with Crippen molar-refractivity contribution in [1.82, 2.24) is 4.90 Å². The second-order valence-corrected chi connectivity index (χ2v) is 6.53. The van der Waals surface area contributed by atoms with Gasteiger partial charge in [0, 0.05) is 19.0 Å². The van der Waals surface area contributed by atoms with Gasteiger partial charge in [0.1, 0.15) is 5.78 Å². The first-order valence-electron chi connectivity index (χ1n) is 5.34. The highest BCUT2D eigenvalue weighted by molar-refractivity contribution is 7.91. The van der Waals surface area contributed by atoms with Gasteiger partial charge < -0.3 is 4.79 Å². The van der Waals surface area contributed by atoms with E-state index in [1.807, 2.05) is 6.92 Å². The Kier molecular flexibility index (Phi) is 4.28. The summed E-state index contributed by atoms with van der Waals surface area (Å²) in [5.74, 6) is 0.720. The zero-order valence-corrected chi connectivity index (χ0v) is 10.2. The fourth-order valence-electron chi connectivity index (χ4n) is 1.90. The Morgan fingerprint density at radius 2 is 2.13 bits per heavy atom. The normalized spacial score (nSPS) is 26.4. The second-order valence-electron chi connectivity index (χ2n) is 4.30. The third-order valence-corrected chi connectivity index (χ3v) is 4.58. The molecule has 1 aliphatic heterocycles. The zero-order valence-electron chi connectivity index (χ0n) is 9.40. The first-order chi connectivity index (χ1) is 6.91. The molecular formula is C10H19NO3S. The van der Waals surface area contributed by atoms with Crippen molar-refractivity contribution in [1.29, 1.82) is 0 Å². The molecule has 0 aromatic rings. The highest BCUT2D eigenvalue weighted by Gasteiger charge is 2.27. The number of ketones is 1. The van der Waals surface area contributed by atoms with Crippen LogP contribution >= 0.6 is 0 Å². The number of hydrogen-bond acceptors (Lipinski definition) is 4. The van der Waals surface area contributed by atoms with Crippen molar-refractivity contribution in [2.75, 3.05) is 24.6 Å². The van der Waals surface area contributed by atoms with E-state index in [4.69, 9.17) is 0 Å². The molecule has 1 rings (SSSR count). The number of sulfone groups is 1. The van der Waals surface area contributed by atoms with Crippen LogP contribution in [0.3, 0.4) is 0 Å². The molecule has 0 spiro atoms. The van der Waals surface area contributed by atoms with Crippen LogP contribution in [0.5, 0.6) is 0 Å². The SMILES string of the molecule is CC(=O)CCCN1CCS(=O)(=O)CC1C. The Labute approximate surface area is 91.6 Å². The molecule has 0 radical (unpaired) electrons. The van der Waals surface area contributed by atoms with Crippen LogP contribution in [0.1, 0.15) is 26.7 Å². The van der Waals surface area contributed by atoms with Crippen molar-refractivity contribution in [2.24, 2.45) is 0 Å². The quantitative estimate of drug-likeness (QED) is 0.708. The topological polar surface area (TPSA) is 54.5 Å². The maximum Gasteiger partial charge on any atom is 0.153 e. The molecule has 0 aromatic heterocycles. The van der Waals surface area contributed by atoms with Crippen molar-refractivity contribution in [3.8, 4) is 0 Å². The van der Waals surface area contributed by atoms with Crippen LogP contribution in [0, 0.1) is 0 Å². The third kappa shape index (κ3) is 4.30. The predicted octanol–water partition coefficient (Wildman–Crippen LogP) is 0.475. The highest BCUT2D eigenvalue weighted by Crippen LogP contribution is 2.12. The average Bonchev–Trinajstić information content (AvgIpc) is 2.07. The third-order valence-electron chi connectivity index (χ3n) is 2.78. The summed E-state index contributed by atoms with van der Waals surface area (Å²) in [6, 6.07) is 0.0932. The van der Waals surface area contributed by atoms with E-state index < -0.39 is 9.84 Å². The van der Waals surface area contributed by atoms with E-state index >= 15 is 0 Å². The van der Waals surface area contributed by atoms with Gasteiger partial charge in [-0.3, -0.25) is 4.90 Å². The molecule has 0 amide bonds. The molecule has 1 aliphatic rings. The van der Waals surface area contributed by atoms with E-state index in [2.05, 4.69) is 4.90 Å². The Hall–Kier alpha value is -0.420. The molecule has 0 aromatic carbocycles. The van der Waals surface area contributed by atoms with E-state index in [-0.39, 0.29) is 23.3 Å². The van der Waals surface area contributed by atoms with Crippen LogP contribution in [0.4, 0.5) is 0 Å².